The Hall–Kier alpha value is -1.59. The number of methoxy groups -OCH3 is 1. The van der Waals surface area contributed by atoms with Gasteiger partial charge in [0.25, 0.3) is 0 Å². The van der Waals surface area contributed by atoms with E-state index in [9.17, 15) is 5.11 Å². The van der Waals surface area contributed by atoms with E-state index in [4.69, 9.17) is 16.3 Å². The van der Waals surface area contributed by atoms with Crippen LogP contribution in [0.5, 0.6) is 5.75 Å². The minimum absolute atomic E-state index is 0.372. The fraction of sp³-hybridized carbons (Fsp3) is 0.385. The molecule has 0 saturated carbocycles. The van der Waals surface area contributed by atoms with Crippen molar-refractivity contribution in [3.63, 3.8) is 0 Å². The van der Waals surface area contributed by atoms with E-state index in [1.165, 1.54) is 0 Å². The third-order valence-electron chi connectivity index (χ3n) is 3.04. The summed E-state index contributed by atoms with van der Waals surface area (Å²) in [5.74, 6) is 0.560. The maximum absolute atomic E-state index is 10.3. The normalized spacial score (nSPS) is 12.5. The molecule has 2 aromatic heterocycles. The van der Waals surface area contributed by atoms with Gasteiger partial charge in [0, 0.05) is 25.2 Å². The second-order valence-electron chi connectivity index (χ2n) is 4.31. The van der Waals surface area contributed by atoms with Gasteiger partial charge in [-0.2, -0.15) is 5.10 Å². The smallest absolute Gasteiger partial charge is 0.142 e. The molecule has 0 aliphatic carbocycles. The number of ether oxygens (including phenoxy) is 1. The van der Waals surface area contributed by atoms with Crippen LogP contribution in [0.4, 0.5) is 0 Å². The Morgan fingerprint density at radius 1 is 1.53 bits per heavy atom. The van der Waals surface area contributed by atoms with Crippen molar-refractivity contribution < 1.29 is 9.84 Å². The van der Waals surface area contributed by atoms with Gasteiger partial charge in [0.1, 0.15) is 5.75 Å². The van der Waals surface area contributed by atoms with E-state index in [0.29, 0.717) is 22.8 Å². The first-order chi connectivity index (χ1) is 9.04. The number of aliphatic hydroxyl groups is 1. The second-order valence-corrected chi connectivity index (χ2v) is 4.69. The first kappa shape index (κ1) is 13.8. The number of rotatable bonds is 4. The van der Waals surface area contributed by atoms with Crippen LogP contribution in [0.3, 0.4) is 0 Å². The number of aromatic nitrogens is 3. The highest BCUT2D eigenvalue weighted by molar-refractivity contribution is 6.31. The van der Waals surface area contributed by atoms with Crippen LogP contribution in [0.25, 0.3) is 0 Å². The van der Waals surface area contributed by atoms with Crippen LogP contribution in [0.15, 0.2) is 18.5 Å². The summed E-state index contributed by atoms with van der Waals surface area (Å²) in [7, 11) is 3.36. The lowest BCUT2D eigenvalue weighted by Crippen LogP contribution is -2.08. The first-order valence-corrected chi connectivity index (χ1v) is 6.26. The van der Waals surface area contributed by atoms with Gasteiger partial charge in [0.15, 0.2) is 0 Å². The SMILES string of the molecule is COc1cnccc1C(O)Cc1c(Cl)c(C)nn1C. The van der Waals surface area contributed by atoms with E-state index in [0.717, 1.165) is 11.4 Å². The van der Waals surface area contributed by atoms with Crippen LogP contribution < -0.4 is 4.74 Å². The molecule has 0 radical (unpaired) electrons. The third-order valence-corrected chi connectivity index (χ3v) is 3.54. The van der Waals surface area contributed by atoms with E-state index < -0.39 is 6.10 Å². The Morgan fingerprint density at radius 3 is 2.84 bits per heavy atom. The van der Waals surface area contributed by atoms with Gasteiger partial charge in [0.05, 0.1) is 35.8 Å². The molecule has 0 amide bonds. The minimum Gasteiger partial charge on any atom is -0.495 e. The van der Waals surface area contributed by atoms with Gasteiger partial charge in [-0.1, -0.05) is 11.6 Å². The summed E-state index contributed by atoms with van der Waals surface area (Å²) in [6.45, 7) is 1.84. The fourth-order valence-electron chi connectivity index (χ4n) is 2.03. The zero-order chi connectivity index (χ0) is 14.0. The standard InChI is InChI=1S/C13H16ClN3O2/c1-8-13(14)10(17(2)16-8)6-11(18)9-4-5-15-7-12(9)19-3/h4-5,7,11,18H,6H2,1-3H3. The molecule has 6 heteroatoms. The van der Waals surface area contributed by atoms with Crippen molar-refractivity contribution in [2.75, 3.05) is 7.11 Å². The molecule has 0 bridgehead atoms. The Kier molecular flexibility index (Phi) is 4.07. The van der Waals surface area contributed by atoms with Gasteiger partial charge in [-0.25, -0.2) is 0 Å². The maximum atomic E-state index is 10.3. The fourth-order valence-corrected chi connectivity index (χ4v) is 2.27. The van der Waals surface area contributed by atoms with Crippen molar-refractivity contribution in [3.05, 3.63) is 40.4 Å². The number of halogens is 1. The molecule has 102 valence electrons. The zero-order valence-electron chi connectivity index (χ0n) is 11.1. The minimum atomic E-state index is -0.717. The lowest BCUT2D eigenvalue weighted by Gasteiger charge is -2.14. The molecule has 0 spiro atoms. The lowest BCUT2D eigenvalue weighted by molar-refractivity contribution is 0.171. The maximum Gasteiger partial charge on any atom is 0.142 e. The predicted octanol–water partition coefficient (Wildman–Crippen LogP) is 2.06. The summed E-state index contributed by atoms with van der Waals surface area (Å²) in [5.41, 5.74) is 2.24. The van der Waals surface area contributed by atoms with Gasteiger partial charge in [0.2, 0.25) is 0 Å². The van der Waals surface area contributed by atoms with Crippen molar-refractivity contribution in [1.82, 2.24) is 14.8 Å². The molecule has 5 nitrogen and oxygen atoms in total. The quantitative estimate of drug-likeness (QED) is 0.932. The number of hydrogen-bond acceptors (Lipinski definition) is 4. The summed E-state index contributed by atoms with van der Waals surface area (Å²) in [5, 5.41) is 15.2. The highest BCUT2D eigenvalue weighted by Crippen LogP contribution is 2.29. The summed E-state index contributed by atoms with van der Waals surface area (Å²) in [4.78, 5) is 3.97. The summed E-state index contributed by atoms with van der Waals surface area (Å²) in [6.07, 6.45) is 2.85. The molecule has 1 atom stereocenters. The molecule has 2 aromatic rings. The molecule has 1 unspecified atom stereocenters. The Labute approximate surface area is 116 Å². The van der Waals surface area contributed by atoms with Gasteiger partial charge < -0.3 is 9.84 Å². The predicted molar refractivity (Wildman–Crippen MR) is 72.4 cm³/mol. The summed E-state index contributed by atoms with van der Waals surface area (Å²) in [6, 6.07) is 1.74. The zero-order valence-corrected chi connectivity index (χ0v) is 11.8. The van der Waals surface area contributed by atoms with Crippen molar-refractivity contribution in [3.8, 4) is 5.75 Å². The molecule has 0 fully saturated rings. The molecule has 0 saturated heterocycles. The molecule has 0 aliphatic heterocycles. The van der Waals surface area contributed by atoms with Crippen LogP contribution in [0.2, 0.25) is 5.02 Å². The van der Waals surface area contributed by atoms with Gasteiger partial charge >= 0.3 is 0 Å². The first-order valence-electron chi connectivity index (χ1n) is 5.88. The monoisotopic (exact) mass is 281 g/mol. The molecular weight excluding hydrogens is 266 g/mol. The van der Waals surface area contributed by atoms with E-state index in [1.807, 2.05) is 14.0 Å². The van der Waals surface area contributed by atoms with Crippen LogP contribution in [-0.4, -0.2) is 27.0 Å². The molecule has 0 aromatic carbocycles. The topological polar surface area (TPSA) is 60.2 Å². The Balaban J connectivity index is 2.28. The van der Waals surface area contributed by atoms with Gasteiger partial charge in [-0.15, -0.1) is 0 Å². The number of pyridine rings is 1. The second kappa shape index (κ2) is 5.59. The van der Waals surface area contributed by atoms with E-state index in [-0.39, 0.29) is 0 Å². The molecule has 1 N–H and O–H groups in total. The van der Waals surface area contributed by atoms with Crippen molar-refractivity contribution in [2.45, 2.75) is 19.4 Å². The Bertz CT molecular complexity index is 583. The molecule has 2 heterocycles. The molecule has 0 aliphatic rings. The number of hydrogen-bond donors (Lipinski definition) is 1. The lowest BCUT2D eigenvalue weighted by atomic mass is 10.1. The number of nitrogens with zero attached hydrogens (tertiary/aromatic N) is 3. The van der Waals surface area contributed by atoms with Crippen LogP contribution >= 0.6 is 11.6 Å². The van der Waals surface area contributed by atoms with E-state index in [2.05, 4.69) is 10.1 Å². The highest BCUT2D eigenvalue weighted by atomic mass is 35.5. The molecule has 19 heavy (non-hydrogen) atoms. The van der Waals surface area contributed by atoms with Crippen molar-refractivity contribution >= 4 is 11.6 Å². The Morgan fingerprint density at radius 2 is 2.26 bits per heavy atom. The van der Waals surface area contributed by atoms with Crippen LogP contribution in [0.1, 0.15) is 23.1 Å². The van der Waals surface area contributed by atoms with Crippen molar-refractivity contribution in [1.29, 1.82) is 0 Å². The number of aryl methyl sites for hydroxylation is 2. The van der Waals surface area contributed by atoms with Gasteiger partial charge in [-0.05, 0) is 13.0 Å². The average molecular weight is 282 g/mol. The van der Waals surface area contributed by atoms with Crippen LogP contribution in [-0.2, 0) is 13.5 Å². The number of aliphatic hydroxyl groups excluding tert-OH is 1. The van der Waals surface area contributed by atoms with E-state index in [1.54, 1.807) is 30.3 Å². The molecule has 2 rings (SSSR count). The van der Waals surface area contributed by atoms with Crippen LogP contribution in [0, 0.1) is 6.92 Å². The largest absolute Gasteiger partial charge is 0.495 e. The highest BCUT2D eigenvalue weighted by Gasteiger charge is 2.19. The van der Waals surface area contributed by atoms with Crippen molar-refractivity contribution in [2.24, 2.45) is 7.05 Å². The third kappa shape index (κ3) is 2.72. The summed E-state index contributed by atoms with van der Waals surface area (Å²) >= 11 is 6.18. The summed E-state index contributed by atoms with van der Waals surface area (Å²) < 4.78 is 6.88. The molecular formula is C13H16ClN3O2. The van der Waals surface area contributed by atoms with E-state index >= 15 is 0 Å². The average Bonchev–Trinajstić information content (AvgIpc) is 2.65. The van der Waals surface area contributed by atoms with Gasteiger partial charge in [-0.3, -0.25) is 9.67 Å².